The van der Waals surface area contributed by atoms with Crippen molar-refractivity contribution in [3.63, 3.8) is 0 Å². The molecule has 0 aromatic heterocycles. The highest BCUT2D eigenvalue weighted by Gasteiger charge is 2.48. The highest BCUT2D eigenvalue weighted by atomic mass is 31.2. The third-order valence-electron chi connectivity index (χ3n) is 2.40. The molecule has 0 spiro atoms. The highest BCUT2D eigenvalue weighted by Crippen LogP contribution is 2.41. The van der Waals surface area contributed by atoms with Crippen LogP contribution in [0.2, 0.25) is 0 Å². The molecule has 1 fully saturated rings. The molecule has 118 valence electrons. The fourth-order valence-electron chi connectivity index (χ4n) is 1.56. The quantitative estimate of drug-likeness (QED) is 0.226. The van der Waals surface area contributed by atoms with E-state index in [2.05, 4.69) is 9.36 Å². The largest absolute Gasteiger partial charge is 0.470 e. The number of hydrogen-bond donors (Lipinski definition) is 6. The molecule has 1 aliphatic rings. The Kier molecular flexibility index (Phi) is 6.01. The normalized spacial score (nSPS) is 34.8. The minimum atomic E-state index is -5.02. The average molecular weight is 317 g/mol. The van der Waals surface area contributed by atoms with E-state index in [1.807, 2.05) is 5.48 Å². The molecule has 1 saturated heterocycles. The van der Waals surface area contributed by atoms with Crippen molar-refractivity contribution in [2.75, 3.05) is 6.61 Å². The number of phosphoric ester groups is 1. The summed E-state index contributed by atoms with van der Waals surface area (Å²) < 4.78 is 20.1. The van der Waals surface area contributed by atoms with E-state index >= 15 is 0 Å². The molecule has 12 heteroatoms. The van der Waals surface area contributed by atoms with Gasteiger partial charge in [0.1, 0.15) is 18.3 Å². The number of ether oxygens (including phenoxy) is 1. The standard InChI is InChI=1S/C8H16NO10P/c1-3(11)9-18-8-7(19-20(14,15)16)6(13)5(12)4(2-10)17-8/h4-8,10,12-13H,2H2,1H3,(H,9,11)(H2,14,15,16)/t4-,5-,6+,7-,8-/m1/s1. The van der Waals surface area contributed by atoms with Gasteiger partial charge in [-0.2, -0.15) is 0 Å². The molecule has 1 rings (SSSR count). The van der Waals surface area contributed by atoms with Gasteiger partial charge in [-0.05, 0) is 0 Å². The molecule has 0 saturated carbocycles. The molecule has 0 radical (unpaired) electrons. The molecular formula is C8H16NO10P. The van der Waals surface area contributed by atoms with E-state index in [1.54, 1.807) is 0 Å². The minimum Gasteiger partial charge on any atom is -0.394 e. The number of carbonyl (C=O) groups excluding carboxylic acids is 1. The lowest BCUT2D eigenvalue weighted by atomic mass is 9.99. The maximum absolute atomic E-state index is 10.8. The maximum atomic E-state index is 10.8. The monoisotopic (exact) mass is 317 g/mol. The van der Waals surface area contributed by atoms with Crippen molar-refractivity contribution in [2.24, 2.45) is 0 Å². The third-order valence-corrected chi connectivity index (χ3v) is 2.92. The second-order valence-electron chi connectivity index (χ2n) is 4.04. The number of phosphoric acid groups is 1. The van der Waals surface area contributed by atoms with Gasteiger partial charge in [0.25, 0.3) is 0 Å². The summed E-state index contributed by atoms with van der Waals surface area (Å²) in [5.74, 6) is -0.648. The van der Waals surface area contributed by atoms with Gasteiger partial charge in [-0.15, -0.1) is 0 Å². The zero-order chi connectivity index (χ0) is 15.5. The fourth-order valence-corrected chi connectivity index (χ4v) is 2.10. The van der Waals surface area contributed by atoms with Gasteiger partial charge in [-0.3, -0.25) is 9.32 Å². The smallest absolute Gasteiger partial charge is 0.394 e. The average Bonchev–Trinajstić information content (AvgIpc) is 2.32. The van der Waals surface area contributed by atoms with Crippen LogP contribution in [0.3, 0.4) is 0 Å². The van der Waals surface area contributed by atoms with Crippen LogP contribution in [0.5, 0.6) is 0 Å². The SMILES string of the molecule is CC(=O)NO[C@H]1O[C@H](CO)[C@@H](O)[C@H](O)[C@H]1OP(=O)(O)O. The number of rotatable bonds is 5. The molecule has 5 atom stereocenters. The van der Waals surface area contributed by atoms with E-state index in [4.69, 9.17) is 19.6 Å². The number of aliphatic hydroxyl groups excluding tert-OH is 3. The van der Waals surface area contributed by atoms with E-state index in [0.717, 1.165) is 6.92 Å². The molecule has 1 heterocycles. The Morgan fingerprint density at radius 2 is 1.95 bits per heavy atom. The van der Waals surface area contributed by atoms with Crippen molar-refractivity contribution in [3.8, 4) is 0 Å². The summed E-state index contributed by atoms with van der Waals surface area (Å²) in [6, 6.07) is 0. The van der Waals surface area contributed by atoms with Crippen LogP contribution in [0, 0.1) is 0 Å². The van der Waals surface area contributed by atoms with Crippen LogP contribution in [-0.4, -0.2) is 68.3 Å². The highest BCUT2D eigenvalue weighted by molar-refractivity contribution is 7.46. The van der Waals surface area contributed by atoms with E-state index in [0.29, 0.717) is 0 Å². The van der Waals surface area contributed by atoms with E-state index in [9.17, 15) is 19.6 Å². The number of amides is 1. The van der Waals surface area contributed by atoms with Crippen LogP contribution in [0.4, 0.5) is 0 Å². The van der Waals surface area contributed by atoms with Gasteiger partial charge in [-0.25, -0.2) is 14.9 Å². The Hall–Kier alpha value is -0.620. The molecule has 0 bridgehead atoms. The summed E-state index contributed by atoms with van der Waals surface area (Å²) >= 11 is 0. The number of hydrogen-bond acceptors (Lipinski definition) is 8. The lowest BCUT2D eigenvalue weighted by Crippen LogP contribution is -2.60. The lowest BCUT2D eigenvalue weighted by Gasteiger charge is -2.40. The molecule has 1 amide bonds. The van der Waals surface area contributed by atoms with E-state index in [1.165, 1.54) is 0 Å². The molecule has 1 aliphatic heterocycles. The van der Waals surface area contributed by atoms with Crippen molar-refractivity contribution < 1.29 is 48.6 Å². The molecule has 0 aliphatic carbocycles. The zero-order valence-electron chi connectivity index (χ0n) is 10.3. The van der Waals surface area contributed by atoms with Crippen LogP contribution in [-0.2, 0) is 23.5 Å². The molecule has 6 N–H and O–H groups in total. The lowest BCUT2D eigenvalue weighted by molar-refractivity contribution is -0.309. The van der Waals surface area contributed by atoms with E-state index in [-0.39, 0.29) is 0 Å². The van der Waals surface area contributed by atoms with Crippen LogP contribution in [0.25, 0.3) is 0 Å². The predicted octanol–water partition coefficient (Wildman–Crippen LogP) is -3.03. The first-order valence-corrected chi connectivity index (χ1v) is 6.97. The predicted molar refractivity (Wildman–Crippen MR) is 59.6 cm³/mol. The zero-order valence-corrected chi connectivity index (χ0v) is 11.2. The minimum absolute atomic E-state index is 0.648. The van der Waals surface area contributed by atoms with Crippen molar-refractivity contribution >= 4 is 13.7 Å². The summed E-state index contributed by atoms with van der Waals surface area (Å²) in [7, 11) is -5.02. The van der Waals surface area contributed by atoms with Crippen molar-refractivity contribution in [1.29, 1.82) is 0 Å². The van der Waals surface area contributed by atoms with Gasteiger partial charge in [0.05, 0.1) is 6.61 Å². The Bertz CT molecular complexity index is 385. The Morgan fingerprint density at radius 3 is 2.40 bits per heavy atom. The fraction of sp³-hybridized carbons (Fsp3) is 0.875. The number of hydroxylamine groups is 1. The van der Waals surface area contributed by atoms with Crippen LogP contribution >= 0.6 is 7.82 Å². The van der Waals surface area contributed by atoms with Crippen molar-refractivity contribution in [3.05, 3.63) is 0 Å². The number of nitrogens with one attached hydrogen (secondary N) is 1. The van der Waals surface area contributed by atoms with Crippen LogP contribution in [0.15, 0.2) is 0 Å². The Morgan fingerprint density at radius 1 is 1.35 bits per heavy atom. The van der Waals surface area contributed by atoms with Gasteiger partial charge in [0, 0.05) is 6.92 Å². The first-order chi connectivity index (χ1) is 9.15. The second-order valence-corrected chi connectivity index (χ2v) is 5.24. The first-order valence-electron chi connectivity index (χ1n) is 5.44. The molecule has 20 heavy (non-hydrogen) atoms. The number of carbonyl (C=O) groups is 1. The summed E-state index contributed by atoms with van der Waals surface area (Å²) in [6.45, 7) is 0.400. The molecule has 0 aromatic rings. The summed E-state index contributed by atoms with van der Waals surface area (Å²) in [6.07, 6.45) is -8.16. The van der Waals surface area contributed by atoms with Gasteiger partial charge in [0.2, 0.25) is 12.2 Å². The molecular weight excluding hydrogens is 301 g/mol. The van der Waals surface area contributed by atoms with Crippen molar-refractivity contribution in [2.45, 2.75) is 37.6 Å². The Labute approximate surface area is 113 Å². The molecule has 11 nitrogen and oxygen atoms in total. The van der Waals surface area contributed by atoms with Gasteiger partial charge in [-0.1, -0.05) is 0 Å². The Balaban J connectivity index is 2.87. The topological polar surface area (TPSA) is 175 Å². The van der Waals surface area contributed by atoms with E-state index < -0.39 is 51.0 Å². The van der Waals surface area contributed by atoms with Crippen molar-refractivity contribution in [1.82, 2.24) is 5.48 Å². The summed E-state index contributed by atoms with van der Waals surface area (Å²) in [5, 5.41) is 28.3. The van der Waals surface area contributed by atoms with Gasteiger partial charge >= 0.3 is 7.82 Å². The summed E-state index contributed by atoms with van der Waals surface area (Å²) in [5.41, 5.74) is 1.84. The van der Waals surface area contributed by atoms with Gasteiger partial charge in [0.15, 0.2) is 6.10 Å². The first kappa shape index (κ1) is 17.4. The third kappa shape index (κ3) is 4.74. The maximum Gasteiger partial charge on any atom is 0.470 e. The van der Waals surface area contributed by atoms with Crippen LogP contribution < -0.4 is 5.48 Å². The van der Waals surface area contributed by atoms with Gasteiger partial charge < -0.3 is 29.8 Å². The van der Waals surface area contributed by atoms with Crippen LogP contribution in [0.1, 0.15) is 6.92 Å². The molecule has 0 unspecified atom stereocenters. The summed E-state index contributed by atoms with van der Waals surface area (Å²) in [4.78, 5) is 32.9. The second kappa shape index (κ2) is 6.89. The number of aliphatic hydroxyl groups is 3. The molecule has 0 aromatic carbocycles.